The zero-order valence-electron chi connectivity index (χ0n) is 9.70. The van der Waals surface area contributed by atoms with Gasteiger partial charge in [0.05, 0.1) is 17.0 Å². The fraction of sp³-hybridized carbons (Fsp3) is 0.286. The summed E-state index contributed by atoms with van der Waals surface area (Å²) in [4.78, 5) is -0.425. The van der Waals surface area contributed by atoms with Crippen LogP contribution in [0.3, 0.4) is 0 Å². The summed E-state index contributed by atoms with van der Waals surface area (Å²) in [6.07, 6.45) is 5.64. The predicted octanol–water partition coefficient (Wildman–Crippen LogP) is 2.98. The number of allylic oxidation sites excluding steroid dienone is 3. The monoisotopic (exact) mass is 296 g/mol. The van der Waals surface area contributed by atoms with Crippen LogP contribution in [0.15, 0.2) is 54.6 Å². The van der Waals surface area contributed by atoms with Crippen molar-refractivity contribution in [2.75, 3.05) is 0 Å². The fourth-order valence-electron chi connectivity index (χ4n) is 1.42. The van der Waals surface area contributed by atoms with Crippen molar-refractivity contribution in [2.24, 2.45) is 0 Å². The van der Waals surface area contributed by atoms with Crippen molar-refractivity contribution in [3.05, 3.63) is 60.2 Å². The summed E-state index contributed by atoms with van der Waals surface area (Å²) in [7, 11) is 0. The fourth-order valence-corrected chi connectivity index (χ4v) is 1.90. The van der Waals surface area contributed by atoms with Gasteiger partial charge in [-0.25, -0.2) is 0 Å². The van der Waals surface area contributed by atoms with E-state index in [0.29, 0.717) is 0 Å². The van der Waals surface area contributed by atoms with Gasteiger partial charge in [-0.05, 0) is 12.5 Å². The van der Waals surface area contributed by atoms with Gasteiger partial charge in [-0.15, -0.1) is 0 Å². The molecule has 3 atom stereocenters. The molecule has 0 aliphatic heterocycles. The number of hydrogen-bond donors (Lipinski definition) is 2. The molecule has 1 aromatic rings. The Balaban J connectivity index is 2.66. The molecule has 0 fully saturated rings. The molecule has 0 amide bonds. The minimum atomic E-state index is -0.735. The van der Waals surface area contributed by atoms with Crippen LogP contribution in [-0.2, 0) is 0 Å². The maximum absolute atomic E-state index is 10.1. The number of rotatable bonds is 5. The SMILES string of the molecule is C/C=C/C=C/[C@H](O)[C@H](Br)[C@@H](O)c1ccccc1. The van der Waals surface area contributed by atoms with Crippen molar-refractivity contribution in [3.8, 4) is 0 Å². The van der Waals surface area contributed by atoms with Crippen molar-refractivity contribution < 1.29 is 10.2 Å². The molecule has 0 aliphatic carbocycles. The Morgan fingerprint density at radius 3 is 2.35 bits per heavy atom. The minimum absolute atomic E-state index is 0.425. The normalized spacial score (nSPS) is 17.4. The molecule has 0 spiro atoms. The molecule has 1 rings (SSSR count). The summed E-state index contributed by atoms with van der Waals surface area (Å²) in [5.74, 6) is 0. The molecular weight excluding hydrogens is 280 g/mol. The van der Waals surface area contributed by atoms with E-state index in [1.807, 2.05) is 49.4 Å². The lowest BCUT2D eigenvalue weighted by Gasteiger charge is -2.20. The molecule has 0 aliphatic rings. The molecule has 92 valence electrons. The first-order chi connectivity index (χ1) is 8.16. The second kappa shape index (κ2) is 7.43. The van der Waals surface area contributed by atoms with Crippen LogP contribution in [0.4, 0.5) is 0 Å². The summed E-state index contributed by atoms with van der Waals surface area (Å²) in [6, 6.07) is 9.28. The molecule has 0 bridgehead atoms. The lowest BCUT2D eigenvalue weighted by molar-refractivity contribution is 0.115. The Hall–Kier alpha value is -0.900. The quantitative estimate of drug-likeness (QED) is 0.648. The third kappa shape index (κ3) is 4.46. The Labute approximate surface area is 110 Å². The molecule has 0 radical (unpaired) electrons. The van der Waals surface area contributed by atoms with E-state index >= 15 is 0 Å². The molecule has 1 aromatic carbocycles. The number of alkyl halides is 1. The Morgan fingerprint density at radius 1 is 1.12 bits per heavy atom. The molecule has 0 saturated carbocycles. The molecule has 0 heterocycles. The molecule has 0 saturated heterocycles. The van der Waals surface area contributed by atoms with Crippen LogP contribution in [0.1, 0.15) is 18.6 Å². The number of benzene rings is 1. The molecule has 2 N–H and O–H groups in total. The van der Waals surface area contributed by atoms with Crippen molar-refractivity contribution in [1.29, 1.82) is 0 Å². The Bertz CT molecular complexity index is 373. The second-order valence-electron chi connectivity index (χ2n) is 3.70. The van der Waals surface area contributed by atoms with Gasteiger partial charge in [0, 0.05) is 0 Å². The first-order valence-electron chi connectivity index (χ1n) is 5.51. The summed E-state index contributed by atoms with van der Waals surface area (Å²) in [5.41, 5.74) is 0.785. The third-order valence-corrected chi connectivity index (χ3v) is 3.42. The summed E-state index contributed by atoms with van der Waals surface area (Å²) < 4.78 is 0. The van der Waals surface area contributed by atoms with Crippen molar-refractivity contribution in [3.63, 3.8) is 0 Å². The van der Waals surface area contributed by atoms with E-state index in [1.165, 1.54) is 0 Å². The molecular formula is C14H17BrO2. The van der Waals surface area contributed by atoms with Gasteiger partial charge >= 0.3 is 0 Å². The zero-order valence-corrected chi connectivity index (χ0v) is 11.3. The van der Waals surface area contributed by atoms with Crippen molar-refractivity contribution >= 4 is 15.9 Å². The lowest BCUT2D eigenvalue weighted by atomic mass is 10.0. The highest BCUT2D eigenvalue weighted by Crippen LogP contribution is 2.25. The van der Waals surface area contributed by atoms with Crippen LogP contribution in [0.2, 0.25) is 0 Å². The molecule has 3 heteroatoms. The average Bonchev–Trinajstić information content (AvgIpc) is 2.38. The highest BCUT2D eigenvalue weighted by atomic mass is 79.9. The number of hydrogen-bond acceptors (Lipinski definition) is 2. The van der Waals surface area contributed by atoms with Gasteiger partial charge in [-0.3, -0.25) is 0 Å². The smallest absolute Gasteiger partial charge is 0.0943 e. The Kier molecular flexibility index (Phi) is 6.19. The van der Waals surface area contributed by atoms with E-state index < -0.39 is 17.0 Å². The lowest BCUT2D eigenvalue weighted by Crippen LogP contribution is -2.25. The van der Waals surface area contributed by atoms with Crippen molar-refractivity contribution in [2.45, 2.75) is 24.0 Å². The molecule has 0 unspecified atom stereocenters. The minimum Gasteiger partial charge on any atom is -0.388 e. The standard InChI is InChI=1S/C14H17BrO2/c1-2-3-5-10-12(16)13(15)14(17)11-8-6-4-7-9-11/h2-10,12-14,16-17H,1H3/b3-2+,10-5+/t12-,13-,14-/m0/s1. The van der Waals surface area contributed by atoms with Crippen molar-refractivity contribution in [1.82, 2.24) is 0 Å². The topological polar surface area (TPSA) is 40.5 Å². The van der Waals surface area contributed by atoms with Crippen LogP contribution >= 0.6 is 15.9 Å². The van der Waals surface area contributed by atoms with Gasteiger partial charge in [0.15, 0.2) is 0 Å². The second-order valence-corrected chi connectivity index (χ2v) is 4.76. The predicted molar refractivity (Wildman–Crippen MR) is 74.1 cm³/mol. The van der Waals surface area contributed by atoms with Gasteiger partial charge < -0.3 is 10.2 Å². The van der Waals surface area contributed by atoms with Gasteiger partial charge in [0.25, 0.3) is 0 Å². The van der Waals surface area contributed by atoms with E-state index in [1.54, 1.807) is 12.2 Å². The largest absolute Gasteiger partial charge is 0.388 e. The zero-order chi connectivity index (χ0) is 12.7. The number of aliphatic hydroxyl groups is 2. The van der Waals surface area contributed by atoms with Gasteiger partial charge in [-0.2, -0.15) is 0 Å². The van der Waals surface area contributed by atoms with Crippen LogP contribution in [0, 0.1) is 0 Å². The molecule has 17 heavy (non-hydrogen) atoms. The maximum atomic E-state index is 10.1. The number of halogens is 1. The molecule has 2 nitrogen and oxygen atoms in total. The highest BCUT2D eigenvalue weighted by Gasteiger charge is 2.23. The maximum Gasteiger partial charge on any atom is 0.0943 e. The van der Waals surface area contributed by atoms with Crippen LogP contribution in [0.5, 0.6) is 0 Å². The third-order valence-electron chi connectivity index (χ3n) is 2.38. The van der Waals surface area contributed by atoms with E-state index in [-0.39, 0.29) is 0 Å². The Morgan fingerprint density at radius 2 is 1.76 bits per heavy atom. The summed E-state index contributed by atoms with van der Waals surface area (Å²) in [6.45, 7) is 1.90. The van der Waals surface area contributed by atoms with E-state index in [4.69, 9.17) is 0 Å². The van der Waals surface area contributed by atoms with Gasteiger partial charge in [0.2, 0.25) is 0 Å². The van der Waals surface area contributed by atoms with E-state index in [9.17, 15) is 10.2 Å². The van der Waals surface area contributed by atoms with Crippen LogP contribution in [-0.4, -0.2) is 21.1 Å². The summed E-state index contributed by atoms with van der Waals surface area (Å²) >= 11 is 3.32. The van der Waals surface area contributed by atoms with Crippen LogP contribution < -0.4 is 0 Å². The van der Waals surface area contributed by atoms with Crippen LogP contribution in [0.25, 0.3) is 0 Å². The first-order valence-corrected chi connectivity index (χ1v) is 6.43. The van der Waals surface area contributed by atoms with Gasteiger partial charge in [0.1, 0.15) is 0 Å². The van der Waals surface area contributed by atoms with Gasteiger partial charge in [-0.1, -0.05) is 70.6 Å². The number of aliphatic hydroxyl groups excluding tert-OH is 2. The van der Waals surface area contributed by atoms with E-state index in [2.05, 4.69) is 15.9 Å². The highest BCUT2D eigenvalue weighted by molar-refractivity contribution is 9.09. The first kappa shape index (κ1) is 14.2. The average molecular weight is 297 g/mol. The van der Waals surface area contributed by atoms with E-state index in [0.717, 1.165) is 5.56 Å². The summed E-state index contributed by atoms with van der Waals surface area (Å²) in [5, 5.41) is 19.9. The molecule has 0 aromatic heterocycles.